The van der Waals surface area contributed by atoms with Crippen molar-refractivity contribution in [2.75, 3.05) is 33.2 Å². The van der Waals surface area contributed by atoms with Gasteiger partial charge < -0.3 is 9.47 Å². The summed E-state index contributed by atoms with van der Waals surface area (Å²) < 4.78 is 2.43. The molecule has 1 saturated heterocycles. The molecule has 0 aliphatic carbocycles. The van der Waals surface area contributed by atoms with Crippen LogP contribution in [-0.2, 0) is 13.0 Å². The Morgan fingerprint density at radius 2 is 1.69 bits per heavy atom. The fraction of sp³-hybridized carbons (Fsp3) is 0.417. The highest BCUT2D eigenvalue weighted by Crippen LogP contribution is 2.27. The van der Waals surface area contributed by atoms with Crippen LogP contribution in [0.2, 0.25) is 0 Å². The number of piperidine rings is 1. The number of fused-ring (bicyclic) bond motifs is 3. The third kappa shape index (κ3) is 3.55. The Labute approximate surface area is 172 Å². The molecule has 2 aliphatic heterocycles. The summed E-state index contributed by atoms with van der Waals surface area (Å²) in [4.78, 5) is 10.1. The maximum Gasteiger partial charge on any atom is 0.111 e. The van der Waals surface area contributed by atoms with Crippen molar-refractivity contribution in [3.05, 3.63) is 53.9 Å². The van der Waals surface area contributed by atoms with Gasteiger partial charge in [-0.1, -0.05) is 18.2 Å². The smallest absolute Gasteiger partial charge is 0.111 e. The van der Waals surface area contributed by atoms with Crippen molar-refractivity contribution >= 4 is 11.0 Å². The summed E-state index contributed by atoms with van der Waals surface area (Å²) in [5, 5.41) is 9.03. The van der Waals surface area contributed by atoms with Crippen LogP contribution in [0, 0.1) is 11.3 Å². The molecule has 1 fully saturated rings. The molecule has 0 atom stereocenters. The SMILES string of the molecule is CN1CCC(N2CCc3nc4ccc(-c5ccc(C#N)cc5)cc4n3CC2)CC1. The molecule has 3 heterocycles. The second-order valence-electron chi connectivity index (χ2n) is 8.39. The van der Waals surface area contributed by atoms with Crippen LogP contribution in [0.4, 0.5) is 0 Å². The Hall–Kier alpha value is -2.68. The minimum atomic E-state index is 0.696. The van der Waals surface area contributed by atoms with E-state index in [4.69, 9.17) is 10.2 Å². The van der Waals surface area contributed by atoms with Gasteiger partial charge in [0.1, 0.15) is 5.82 Å². The van der Waals surface area contributed by atoms with Crippen molar-refractivity contribution in [1.29, 1.82) is 5.26 Å². The molecule has 0 N–H and O–H groups in total. The molecule has 0 saturated carbocycles. The molecular formula is C24H27N5. The van der Waals surface area contributed by atoms with Gasteiger partial charge in [0.15, 0.2) is 0 Å². The quantitative estimate of drug-likeness (QED) is 0.677. The molecule has 0 spiro atoms. The summed E-state index contributed by atoms with van der Waals surface area (Å²) in [6.45, 7) is 5.65. The Kier molecular flexibility index (Phi) is 4.83. The Balaban J connectivity index is 1.40. The van der Waals surface area contributed by atoms with Crippen molar-refractivity contribution < 1.29 is 0 Å². The lowest BCUT2D eigenvalue weighted by Gasteiger charge is -2.36. The summed E-state index contributed by atoms with van der Waals surface area (Å²) in [6.07, 6.45) is 3.58. The van der Waals surface area contributed by atoms with Gasteiger partial charge in [0.2, 0.25) is 0 Å². The van der Waals surface area contributed by atoms with E-state index in [0.717, 1.165) is 43.2 Å². The van der Waals surface area contributed by atoms with Gasteiger partial charge in [-0.05, 0) is 68.4 Å². The second kappa shape index (κ2) is 7.62. The van der Waals surface area contributed by atoms with Crippen LogP contribution in [0.1, 0.15) is 24.2 Å². The highest BCUT2D eigenvalue weighted by molar-refractivity contribution is 5.83. The highest BCUT2D eigenvalue weighted by Gasteiger charge is 2.26. The molecule has 5 heteroatoms. The molecule has 2 aliphatic rings. The molecule has 1 aromatic heterocycles. The summed E-state index contributed by atoms with van der Waals surface area (Å²) in [7, 11) is 2.23. The van der Waals surface area contributed by atoms with Crippen LogP contribution in [0.15, 0.2) is 42.5 Å². The van der Waals surface area contributed by atoms with Crippen molar-refractivity contribution in [2.45, 2.75) is 31.8 Å². The van der Waals surface area contributed by atoms with Crippen molar-refractivity contribution in [3.8, 4) is 17.2 Å². The summed E-state index contributed by atoms with van der Waals surface area (Å²) >= 11 is 0. The fourth-order valence-corrected chi connectivity index (χ4v) is 4.84. The van der Waals surface area contributed by atoms with E-state index in [1.807, 2.05) is 24.3 Å². The fourth-order valence-electron chi connectivity index (χ4n) is 4.84. The molecule has 0 unspecified atom stereocenters. The Morgan fingerprint density at radius 1 is 0.931 bits per heavy atom. The molecule has 3 aromatic rings. The van der Waals surface area contributed by atoms with E-state index < -0.39 is 0 Å². The first-order valence-electron chi connectivity index (χ1n) is 10.6. The van der Waals surface area contributed by atoms with Gasteiger partial charge in [-0.25, -0.2) is 4.98 Å². The Bertz CT molecular complexity index is 1050. The molecule has 0 radical (unpaired) electrons. The average Bonchev–Trinajstić information content (AvgIpc) is 2.97. The standard InChI is InChI=1S/C24H27N5/c1-27-11-8-21(9-12-27)28-13-10-24-26-22-7-6-20(16-23(22)29(24)15-14-28)19-4-2-18(17-25)3-5-19/h2-7,16,21H,8-15H2,1H3. The molecular weight excluding hydrogens is 358 g/mol. The van der Waals surface area contributed by atoms with Crippen LogP contribution < -0.4 is 0 Å². The zero-order valence-electron chi connectivity index (χ0n) is 17.0. The Morgan fingerprint density at radius 3 is 2.45 bits per heavy atom. The van der Waals surface area contributed by atoms with Gasteiger partial charge in [0.25, 0.3) is 0 Å². The van der Waals surface area contributed by atoms with E-state index in [2.05, 4.69) is 45.7 Å². The first-order chi connectivity index (χ1) is 14.2. The van der Waals surface area contributed by atoms with Crippen LogP contribution >= 0.6 is 0 Å². The van der Waals surface area contributed by atoms with E-state index in [-0.39, 0.29) is 0 Å². The molecule has 5 rings (SSSR count). The van der Waals surface area contributed by atoms with Gasteiger partial charge in [-0.3, -0.25) is 4.90 Å². The van der Waals surface area contributed by atoms with Crippen molar-refractivity contribution in [1.82, 2.24) is 19.4 Å². The molecule has 0 bridgehead atoms. The predicted octanol–water partition coefficient (Wildman–Crippen LogP) is 3.53. The van der Waals surface area contributed by atoms with Crippen LogP contribution in [-0.4, -0.2) is 58.6 Å². The molecule has 0 amide bonds. The number of hydrogen-bond acceptors (Lipinski definition) is 4. The lowest BCUT2D eigenvalue weighted by molar-refractivity contribution is 0.123. The monoisotopic (exact) mass is 385 g/mol. The zero-order chi connectivity index (χ0) is 19.8. The van der Waals surface area contributed by atoms with Crippen molar-refractivity contribution in [2.24, 2.45) is 0 Å². The summed E-state index contributed by atoms with van der Waals surface area (Å²) in [5.74, 6) is 1.22. The normalized spacial score (nSPS) is 19.0. The minimum Gasteiger partial charge on any atom is -0.327 e. The largest absolute Gasteiger partial charge is 0.327 e. The average molecular weight is 386 g/mol. The first kappa shape index (κ1) is 18.4. The third-order valence-electron chi connectivity index (χ3n) is 6.61. The first-order valence-corrected chi connectivity index (χ1v) is 10.6. The second-order valence-corrected chi connectivity index (χ2v) is 8.39. The van der Waals surface area contributed by atoms with Gasteiger partial charge in [0, 0.05) is 32.1 Å². The topological polar surface area (TPSA) is 48.1 Å². The number of rotatable bonds is 2. The number of nitrogens with zero attached hydrogens (tertiary/aromatic N) is 5. The van der Waals surface area contributed by atoms with E-state index in [1.165, 1.54) is 42.8 Å². The minimum absolute atomic E-state index is 0.696. The van der Waals surface area contributed by atoms with E-state index in [1.54, 1.807) is 0 Å². The van der Waals surface area contributed by atoms with Crippen LogP contribution in [0.25, 0.3) is 22.2 Å². The summed E-state index contributed by atoms with van der Waals surface area (Å²) in [6, 6.07) is 17.3. The van der Waals surface area contributed by atoms with Gasteiger partial charge in [-0.2, -0.15) is 5.26 Å². The summed E-state index contributed by atoms with van der Waals surface area (Å²) in [5.41, 5.74) is 5.34. The van der Waals surface area contributed by atoms with Crippen LogP contribution in [0.5, 0.6) is 0 Å². The molecule has 5 nitrogen and oxygen atoms in total. The number of likely N-dealkylation sites (tertiary alicyclic amines) is 1. The number of nitriles is 1. The lowest BCUT2D eigenvalue weighted by atomic mass is 10.0. The lowest BCUT2D eigenvalue weighted by Crippen LogP contribution is -2.44. The number of aromatic nitrogens is 2. The molecule has 29 heavy (non-hydrogen) atoms. The number of imidazole rings is 1. The third-order valence-corrected chi connectivity index (χ3v) is 6.61. The molecule has 148 valence electrons. The van der Waals surface area contributed by atoms with Gasteiger partial charge >= 0.3 is 0 Å². The number of hydrogen-bond donors (Lipinski definition) is 0. The van der Waals surface area contributed by atoms with Gasteiger partial charge in [-0.15, -0.1) is 0 Å². The van der Waals surface area contributed by atoms with E-state index in [9.17, 15) is 0 Å². The number of benzene rings is 2. The molecule has 2 aromatic carbocycles. The zero-order valence-corrected chi connectivity index (χ0v) is 17.0. The maximum absolute atomic E-state index is 9.03. The van der Waals surface area contributed by atoms with E-state index >= 15 is 0 Å². The maximum atomic E-state index is 9.03. The predicted molar refractivity (Wildman–Crippen MR) is 116 cm³/mol. The van der Waals surface area contributed by atoms with Gasteiger partial charge in [0.05, 0.1) is 22.7 Å². The van der Waals surface area contributed by atoms with E-state index in [0.29, 0.717) is 5.56 Å². The van der Waals surface area contributed by atoms with Crippen molar-refractivity contribution in [3.63, 3.8) is 0 Å². The van der Waals surface area contributed by atoms with Crippen LogP contribution in [0.3, 0.4) is 0 Å². The highest BCUT2D eigenvalue weighted by atomic mass is 15.2.